The molecular formula is C17H25N5O. The zero-order valence-electron chi connectivity index (χ0n) is 13.6. The Bertz CT molecular complexity index is 593. The monoisotopic (exact) mass is 315 g/mol. The van der Waals surface area contributed by atoms with Gasteiger partial charge in [0.05, 0.1) is 11.0 Å². The van der Waals surface area contributed by atoms with Crippen molar-refractivity contribution in [3.8, 4) is 0 Å². The molecule has 2 atom stereocenters. The maximum Gasteiger partial charge on any atom is 0.226 e. The molecule has 1 N–H and O–H groups in total. The molecule has 5 aliphatic carbocycles. The van der Waals surface area contributed by atoms with Gasteiger partial charge in [0, 0.05) is 6.04 Å². The maximum atomic E-state index is 13.2. The number of rotatable bonds is 3. The van der Waals surface area contributed by atoms with E-state index in [0.717, 1.165) is 44.9 Å². The Morgan fingerprint density at radius 2 is 1.87 bits per heavy atom. The summed E-state index contributed by atoms with van der Waals surface area (Å²) in [5.41, 5.74) is -0.242. The summed E-state index contributed by atoms with van der Waals surface area (Å²) in [5.74, 6) is 1.62. The normalized spacial score (nSPS) is 42.3. The first kappa shape index (κ1) is 13.9. The molecule has 1 aromatic rings. The molecule has 0 aromatic carbocycles. The van der Waals surface area contributed by atoms with E-state index in [9.17, 15) is 4.79 Å². The number of carbonyl (C=O) groups excluding carboxylic acids is 1. The molecule has 5 aliphatic rings. The quantitative estimate of drug-likeness (QED) is 0.926. The lowest BCUT2D eigenvalue weighted by Crippen LogP contribution is -2.62. The van der Waals surface area contributed by atoms with E-state index in [0.29, 0.717) is 23.8 Å². The fourth-order valence-electron chi connectivity index (χ4n) is 6.51. The van der Waals surface area contributed by atoms with Crippen LogP contribution in [-0.4, -0.2) is 32.2 Å². The van der Waals surface area contributed by atoms with Crippen molar-refractivity contribution in [2.45, 2.75) is 75.8 Å². The third-order valence-corrected chi connectivity index (χ3v) is 6.98. The number of carbonyl (C=O) groups is 1. The molecule has 0 unspecified atom stereocenters. The first-order chi connectivity index (χ1) is 11.2. The minimum Gasteiger partial charge on any atom is -0.353 e. The minimum atomic E-state index is -0.180. The molecule has 1 heterocycles. The van der Waals surface area contributed by atoms with Crippen molar-refractivity contribution in [2.24, 2.45) is 17.3 Å². The molecule has 124 valence electrons. The van der Waals surface area contributed by atoms with E-state index in [2.05, 4.69) is 20.7 Å². The molecule has 6 nitrogen and oxygen atoms in total. The fraction of sp³-hybridized carbons (Fsp3) is 0.882. The zero-order valence-corrected chi connectivity index (χ0v) is 13.6. The second-order valence-corrected chi connectivity index (χ2v) is 8.65. The third-order valence-electron chi connectivity index (χ3n) is 6.98. The molecule has 5 saturated carbocycles. The molecule has 0 aliphatic heterocycles. The Balaban J connectivity index is 1.45. The van der Waals surface area contributed by atoms with Crippen LogP contribution in [0.3, 0.4) is 0 Å². The van der Waals surface area contributed by atoms with Crippen LogP contribution in [0.25, 0.3) is 0 Å². The van der Waals surface area contributed by atoms with Crippen LogP contribution in [0.5, 0.6) is 0 Å². The van der Waals surface area contributed by atoms with Crippen molar-refractivity contribution in [3.05, 3.63) is 6.33 Å². The number of nitrogens with zero attached hydrogens (tertiary/aromatic N) is 4. The van der Waals surface area contributed by atoms with Gasteiger partial charge >= 0.3 is 0 Å². The Kier molecular flexibility index (Phi) is 2.89. The van der Waals surface area contributed by atoms with Crippen molar-refractivity contribution < 1.29 is 4.79 Å². The summed E-state index contributed by atoms with van der Waals surface area (Å²) in [6, 6.07) is 0.413. The van der Waals surface area contributed by atoms with Gasteiger partial charge in [-0.2, -0.15) is 4.80 Å². The molecule has 0 saturated heterocycles. The lowest BCUT2D eigenvalue weighted by Gasteiger charge is -2.60. The van der Waals surface area contributed by atoms with Crippen LogP contribution in [0.15, 0.2) is 6.33 Å². The van der Waals surface area contributed by atoms with Gasteiger partial charge in [-0.05, 0) is 68.4 Å². The highest BCUT2D eigenvalue weighted by molar-refractivity contribution is 5.83. The highest BCUT2D eigenvalue weighted by Crippen LogP contribution is 2.64. The van der Waals surface area contributed by atoms with Gasteiger partial charge < -0.3 is 5.32 Å². The van der Waals surface area contributed by atoms with E-state index in [1.165, 1.54) is 25.6 Å². The SMILES string of the molecule is O=C(NC1CCCC1)C12C[C@H]3C[C@H](C1)CC(n1ncnn1)(C3)C2. The van der Waals surface area contributed by atoms with Gasteiger partial charge in [0.15, 0.2) is 6.33 Å². The van der Waals surface area contributed by atoms with Gasteiger partial charge in [-0.1, -0.05) is 12.8 Å². The summed E-state index contributed by atoms with van der Waals surface area (Å²) < 4.78 is 0. The summed E-state index contributed by atoms with van der Waals surface area (Å²) in [6.45, 7) is 0. The summed E-state index contributed by atoms with van der Waals surface area (Å²) in [6.07, 6.45) is 12.9. The predicted octanol–water partition coefficient (Wildman–Crippen LogP) is 2.03. The van der Waals surface area contributed by atoms with Gasteiger partial charge in [-0.25, -0.2) is 0 Å². The van der Waals surface area contributed by atoms with Crippen LogP contribution in [0.2, 0.25) is 0 Å². The van der Waals surface area contributed by atoms with Crippen LogP contribution in [0.4, 0.5) is 0 Å². The fourth-order valence-corrected chi connectivity index (χ4v) is 6.51. The largest absolute Gasteiger partial charge is 0.353 e. The second kappa shape index (κ2) is 4.77. The van der Waals surface area contributed by atoms with E-state index in [1.807, 2.05) is 4.80 Å². The van der Waals surface area contributed by atoms with Gasteiger partial charge in [-0.15, -0.1) is 10.2 Å². The number of hydrogen-bond donors (Lipinski definition) is 1. The number of nitrogens with one attached hydrogen (secondary N) is 1. The van der Waals surface area contributed by atoms with Gasteiger partial charge in [0.25, 0.3) is 0 Å². The van der Waals surface area contributed by atoms with Crippen LogP contribution < -0.4 is 5.32 Å². The van der Waals surface area contributed by atoms with E-state index in [1.54, 1.807) is 0 Å². The molecule has 0 radical (unpaired) electrons. The highest BCUT2D eigenvalue weighted by atomic mass is 16.2. The molecule has 1 aromatic heterocycles. The standard InChI is InChI=1S/C17H25N5O/c23-15(20-14-3-1-2-4-14)16-6-12-5-13(7-16)9-17(8-12,10-16)22-19-11-18-21-22/h11-14H,1-10H2,(H,20,23)/t12-,13-,16?,17?/m1/s1. The van der Waals surface area contributed by atoms with Crippen molar-refractivity contribution in [1.29, 1.82) is 0 Å². The zero-order chi connectivity index (χ0) is 15.5. The van der Waals surface area contributed by atoms with Crippen LogP contribution in [0, 0.1) is 17.3 Å². The molecule has 4 bridgehead atoms. The van der Waals surface area contributed by atoms with Gasteiger partial charge in [0.2, 0.25) is 5.91 Å². The summed E-state index contributed by atoms with van der Waals surface area (Å²) in [7, 11) is 0. The third kappa shape index (κ3) is 2.06. The molecular weight excluding hydrogens is 290 g/mol. The average Bonchev–Trinajstić information content (AvgIpc) is 3.19. The van der Waals surface area contributed by atoms with Gasteiger partial charge in [0.1, 0.15) is 0 Å². The second-order valence-electron chi connectivity index (χ2n) is 8.65. The molecule has 23 heavy (non-hydrogen) atoms. The molecule has 6 rings (SSSR count). The lowest BCUT2D eigenvalue weighted by molar-refractivity contribution is -0.158. The van der Waals surface area contributed by atoms with Crippen molar-refractivity contribution in [2.75, 3.05) is 0 Å². The van der Waals surface area contributed by atoms with Crippen molar-refractivity contribution >= 4 is 5.91 Å². The Hall–Kier alpha value is -1.46. The molecule has 0 spiro atoms. The summed E-state index contributed by atoms with van der Waals surface area (Å²) >= 11 is 0. The van der Waals surface area contributed by atoms with Gasteiger partial charge in [-0.3, -0.25) is 4.79 Å². The summed E-state index contributed by atoms with van der Waals surface area (Å²) in [5, 5.41) is 15.9. The van der Waals surface area contributed by atoms with Crippen molar-refractivity contribution in [3.63, 3.8) is 0 Å². The van der Waals surface area contributed by atoms with Crippen LogP contribution in [-0.2, 0) is 10.3 Å². The number of amides is 1. The van der Waals surface area contributed by atoms with E-state index in [-0.39, 0.29) is 11.0 Å². The smallest absolute Gasteiger partial charge is 0.226 e. The number of hydrogen-bond acceptors (Lipinski definition) is 4. The number of aromatic nitrogens is 4. The topological polar surface area (TPSA) is 72.7 Å². The summed E-state index contributed by atoms with van der Waals surface area (Å²) in [4.78, 5) is 15.0. The Labute approximate surface area is 136 Å². The number of tetrazole rings is 1. The van der Waals surface area contributed by atoms with E-state index >= 15 is 0 Å². The minimum absolute atomic E-state index is 0.0619. The van der Waals surface area contributed by atoms with E-state index in [4.69, 9.17) is 0 Å². The van der Waals surface area contributed by atoms with Crippen LogP contribution >= 0.6 is 0 Å². The average molecular weight is 315 g/mol. The van der Waals surface area contributed by atoms with Crippen molar-refractivity contribution in [1.82, 2.24) is 25.5 Å². The highest BCUT2D eigenvalue weighted by Gasteiger charge is 2.62. The molecule has 5 fully saturated rings. The molecule has 1 amide bonds. The molecule has 6 heteroatoms. The Morgan fingerprint density at radius 1 is 1.13 bits per heavy atom. The Morgan fingerprint density at radius 3 is 2.52 bits per heavy atom. The lowest BCUT2D eigenvalue weighted by atomic mass is 9.46. The predicted molar refractivity (Wildman–Crippen MR) is 83.3 cm³/mol. The van der Waals surface area contributed by atoms with Crippen LogP contribution in [0.1, 0.15) is 64.2 Å². The first-order valence-corrected chi connectivity index (χ1v) is 9.22. The van der Waals surface area contributed by atoms with E-state index < -0.39 is 0 Å². The maximum absolute atomic E-state index is 13.2. The first-order valence-electron chi connectivity index (χ1n) is 9.22.